The molecule has 9 nitrogen and oxygen atoms in total. The SMILES string of the molecule is CC1CC(=O)Nc2ccccc2N1C(=O)CN(C)CC(=O)Nc1ccc2c(c1)OCCCO2. The molecule has 2 aliphatic rings. The van der Waals surface area contributed by atoms with Crippen molar-refractivity contribution >= 4 is 34.8 Å². The maximum atomic E-state index is 13.2. The standard InChI is InChI=1S/C24H28N4O5/c1-16-12-22(29)26-18-6-3-4-7-19(18)28(16)24(31)15-27(2)14-23(30)25-17-8-9-20-21(13-17)33-11-5-10-32-20/h3-4,6-9,13,16H,5,10-12,14-15H2,1-2H3,(H,25,30)(H,26,29). The van der Waals surface area contributed by atoms with E-state index in [0.717, 1.165) is 6.42 Å². The summed E-state index contributed by atoms with van der Waals surface area (Å²) < 4.78 is 11.3. The van der Waals surface area contributed by atoms with E-state index in [-0.39, 0.29) is 43.3 Å². The van der Waals surface area contributed by atoms with Gasteiger partial charge in [-0.05, 0) is 38.2 Å². The van der Waals surface area contributed by atoms with Crippen LogP contribution in [0.15, 0.2) is 42.5 Å². The number of amides is 3. The molecule has 0 bridgehead atoms. The van der Waals surface area contributed by atoms with Crippen molar-refractivity contribution in [3.05, 3.63) is 42.5 Å². The smallest absolute Gasteiger partial charge is 0.241 e. The van der Waals surface area contributed by atoms with Crippen LogP contribution in [0.3, 0.4) is 0 Å². The number of nitrogens with zero attached hydrogens (tertiary/aromatic N) is 2. The Morgan fingerprint density at radius 3 is 2.70 bits per heavy atom. The van der Waals surface area contributed by atoms with Crippen molar-refractivity contribution in [1.29, 1.82) is 0 Å². The summed E-state index contributed by atoms with van der Waals surface area (Å²) in [5.74, 6) is 0.699. The topological polar surface area (TPSA) is 100 Å². The van der Waals surface area contributed by atoms with Gasteiger partial charge in [0.2, 0.25) is 17.7 Å². The highest BCUT2D eigenvalue weighted by atomic mass is 16.5. The van der Waals surface area contributed by atoms with Gasteiger partial charge >= 0.3 is 0 Å². The Labute approximate surface area is 192 Å². The molecule has 0 aliphatic carbocycles. The number of carbonyl (C=O) groups is 3. The largest absolute Gasteiger partial charge is 0.490 e. The zero-order chi connectivity index (χ0) is 23.4. The molecule has 2 aromatic rings. The average Bonchev–Trinajstić information content (AvgIpc) is 3.06. The maximum absolute atomic E-state index is 13.2. The number of hydrogen-bond acceptors (Lipinski definition) is 6. The van der Waals surface area contributed by atoms with E-state index in [9.17, 15) is 14.4 Å². The number of para-hydroxylation sites is 2. The first-order chi connectivity index (χ1) is 15.9. The highest BCUT2D eigenvalue weighted by Crippen LogP contribution is 2.33. The van der Waals surface area contributed by atoms with E-state index in [4.69, 9.17) is 9.47 Å². The van der Waals surface area contributed by atoms with Gasteiger partial charge < -0.3 is 25.0 Å². The van der Waals surface area contributed by atoms with Gasteiger partial charge in [0.1, 0.15) is 0 Å². The van der Waals surface area contributed by atoms with Crippen LogP contribution in [0.5, 0.6) is 11.5 Å². The fourth-order valence-corrected chi connectivity index (χ4v) is 4.02. The molecular weight excluding hydrogens is 424 g/mol. The summed E-state index contributed by atoms with van der Waals surface area (Å²) in [5.41, 5.74) is 1.87. The van der Waals surface area contributed by atoms with Gasteiger partial charge in [0, 0.05) is 30.6 Å². The van der Waals surface area contributed by atoms with Crippen molar-refractivity contribution in [3.8, 4) is 11.5 Å². The van der Waals surface area contributed by atoms with Crippen molar-refractivity contribution in [2.24, 2.45) is 0 Å². The van der Waals surface area contributed by atoms with Gasteiger partial charge in [-0.1, -0.05) is 12.1 Å². The van der Waals surface area contributed by atoms with Crippen molar-refractivity contribution in [1.82, 2.24) is 4.90 Å². The highest BCUT2D eigenvalue weighted by molar-refractivity contribution is 6.05. The predicted octanol–water partition coefficient (Wildman–Crippen LogP) is 2.48. The number of anilines is 3. The van der Waals surface area contributed by atoms with Crippen LogP contribution < -0.4 is 25.0 Å². The minimum atomic E-state index is -0.301. The third-order valence-electron chi connectivity index (χ3n) is 5.48. The molecule has 2 heterocycles. The number of hydrogen-bond donors (Lipinski definition) is 2. The van der Waals surface area contributed by atoms with E-state index in [1.807, 2.05) is 25.1 Å². The van der Waals surface area contributed by atoms with Crippen molar-refractivity contribution in [3.63, 3.8) is 0 Å². The third kappa shape index (κ3) is 5.43. The van der Waals surface area contributed by atoms with Crippen LogP contribution in [-0.4, -0.2) is 62.0 Å². The number of benzene rings is 2. The molecule has 3 amide bonds. The molecule has 0 saturated heterocycles. The Hall–Kier alpha value is -3.59. The molecule has 0 saturated carbocycles. The zero-order valence-corrected chi connectivity index (χ0v) is 18.8. The molecule has 1 atom stereocenters. The van der Waals surface area contributed by atoms with Crippen molar-refractivity contribution in [2.75, 3.05) is 48.9 Å². The number of ether oxygens (including phenoxy) is 2. The third-order valence-corrected chi connectivity index (χ3v) is 5.48. The quantitative estimate of drug-likeness (QED) is 0.723. The molecule has 2 N–H and O–H groups in total. The fourth-order valence-electron chi connectivity index (χ4n) is 4.02. The van der Waals surface area contributed by atoms with Crippen LogP contribution in [0.4, 0.5) is 17.1 Å². The summed E-state index contributed by atoms with van der Waals surface area (Å²) in [7, 11) is 1.71. The predicted molar refractivity (Wildman–Crippen MR) is 125 cm³/mol. The van der Waals surface area contributed by atoms with Gasteiger partial charge in [0.25, 0.3) is 0 Å². The average molecular weight is 453 g/mol. The number of carbonyl (C=O) groups excluding carboxylic acids is 3. The lowest BCUT2D eigenvalue weighted by atomic mass is 10.1. The summed E-state index contributed by atoms with van der Waals surface area (Å²) in [6, 6.07) is 12.2. The second kappa shape index (κ2) is 9.91. The lowest BCUT2D eigenvalue weighted by Gasteiger charge is -2.29. The first-order valence-corrected chi connectivity index (χ1v) is 11.0. The van der Waals surface area contributed by atoms with Crippen LogP contribution >= 0.6 is 0 Å². The molecule has 0 spiro atoms. The van der Waals surface area contributed by atoms with Gasteiger partial charge in [-0.2, -0.15) is 0 Å². The molecule has 4 rings (SSSR count). The number of fused-ring (bicyclic) bond motifs is 2. The zero-order valence-electron chi connectivity index (χ0n) is 18.8. The van der Waals surface area contributed by atoms with Gasteiger partial charge in [-0.15, -0.1) is 0 Å². The molecule has 0 aromatic heterocycles. The molecule has 1 unspecified atom stereocenters. The number of nitrogens with one attached hydrogen (secondary N) is 2. The molecule has 174 valence electrons. The van der Waals surface area contributed by atoms with Gasteiger partial charge in [-0.3, -0.25) is 19.3 Å². The fraction of sp³-hybridized carbons (Fsp3) is 0.375. The number of rotatable bonds is 5. The summed E-state index contributed by atoms with van der Waals surface area (Å²) in [4.78, 5) is 41.2. The Bertz CT molecular complexity index is 1060. The molecule has 0 fully saturated rings. The van der Waals surface area contributed by atoms with E-state index in [2.05, 4.69) is 10.6 Å². The van der Waals surface area contributed by atoms with E-state index in [0.29, 0.717) is 41.8 Å². The minimum absolute atomic E-state index is 0.0290. The van der Waals surface area contributed by atoms with Crippen LogP contribution in [-0.2, 0) is 14.4 Å². The van der Waals surface area contributed by atoms with E-state index in [1.54, 1.807) is 41.1 Å². The van der Waals surface area contributed by atoms with Crippen molar-refractivity contribution in [2.45, 2.75) is 25.8 Å². The molecule has 2 aliphatic heterocycles. The van der Waals surface area contributed by atoms with Crippen LogP contribution in [0.1, 0.15) is 19.8 Å². The second-order valence-electron chi connectivity index (χ2n) is 8.31. The van der Waals surface area contributed by atoms with Gasteiger partial charge in [-0.25, -0.2) is 0 Å². The molecule has 2 aromatic carbocycles. The molecule has 9 heteroatoms. The van der Waals surface area contributed by atoms with Crippen LogP contribution in [0.2, 0.25) is 0 Å². The second-order valence-corrected chi connectivity index (χ2v) is 8.31. The normalized spacial score (nSPS) is 17.5. The van der Waals surface area contributed by atoms with Gasteiger partial charge in [0.05, 0.1) is 37.7 Å². The highest BCUT2D eigenvalue weighted by Gasteiger charge is 2.30. The van der Waals surface area contributed by atoms with E-state index >= 15 is 0 Å². The maximum Gasteiger partial charge on any atom is 0.241 e. The Kier molecular flexibility index (Phi) is 6.79. The lowest BCUT2D eigenvalue weighted by molar-refractivity contribution is -0.121. The Morgan fingerprint density at radius 2 is 1.88 bits per heavy atom. The first-order valence-electron chi connectivity index (χ1n) is 11.0. The summed E-state index contributed by atoms with van der Waals surface area (Å²) in [5, 5.41) is 5.69. The number of likely N-dealkylation sites (N-methyl/N-ethyl adjacent to an activating group) is 1. The van der Waals surface area contributed by atoms with Crippen LogP contribution in [0, 0.1) is 0 Å². The van der Waals surface area contributed by atoms with Gasteiger partial charge in [0.15, 0.2) is 11.5 Å². The Morgan fingerprint density at radius 1 is 1.12 bits per heavy atom. The molecule has 33 heavy (non-hydrogen) atoms. The Balaban J connectivity index is 1.38. The first kappa shape index (κ1) is 22.6. The minimum Gasteiger partial charge on any atom is -0.490 e. The summed E-state index contributed by atoms with van der Waals surface area (Å²) >= 11 is 0. The monoisotopic (exact) mass is 452 g/mol. The summed E-state index contributed by atoms with van der Waals surface area (Å²) in [6.07, 6.45) is 1.01. The van der Waals surface area contributed by atoms with E-state index in [1.165, 1.54) is 0 Å². The summed E-state index contributed by atoms with van der Waals surface area (Å²) in [6.45, 7) is 3.06. The molecular formula is C24H28N4O5. The lowest BCUT2D eigenvalue weighted by Crippen LogP contribution is -2.45. The van der Waals surface area contributed by atoms with Crippen LogP contribution in [0.25, 0.3) is 0 Å². The molecule has 0 radical (unpaired) electrons. The van der Waals surface area contributed by atoms with E-state index < -0.39 is 0 Å². The van der Waals surface area contributed by atoms with Crippen molar-refractivity contribution < 1.29 is 23.9 Å².